The van der Waals surface area contributed by atoms with Gasteiger partial charge < -0.3 is 10.2 Å². The lowest BCUT2D eigenvalue weighted by molar-refractivity contribution is 0.285. The Morgan fingerprint density at radius 1 is 1.36 bits per heavy atom. The molecule has 1 saturated carbocycles. The first-order chi connectivity index (χ1) is 11.7. The van der Waals surface area contributed by atoms with Gasteiger partial charge in [-0.3, -0.25) is 14.6 Å². The fourth-order valence-electron chi connectivity index (χ4n) is 3.62. The second kappa shape index (κ2) is 9.75. The van der Waals surface area contributed by atoms with Gasteiger partial charge in [0.25, 0.3) is 0 Å². The zero-order valence-corrected chi connectivity index (χ0v) is 18.1. The maximum Gasteiger partial charge on any atom is 0.193 e. The van der Waals surface area contributed by atoms with Crippen molar-refractivity contribution >= 4 is 29.9 Å². The Bertz CT molecular complexity index is 554. The van der Waals surface area contributed by atoms with Crippen LogP contribution in [0.2, 0.25) is 0 Å². The highest BCUT2D eigenvalue weighted by Gasteiger charge is 2.28. The summed E-state index contributed by atoms with van der Waals surface area (Å²) in [4.78, 5) is 9.87. The molecule has 0 amide bonds. The number of likely N-dealkylation sites (tertiary alicyclic amines) is 1. The molecule has 1 saturated heterocycles. The molecular weight excluding hydrogens is 427 g/mol. The topological polar surface area (TPSA) is 48.7 Å². The molecule has 2 fully saturated rings. The number of aromatic nitrogens is 2. The summed E-state index contributed by atoms with van der Waals surface area (Å²) >= 11 is 0. The van der Waals surface area contributed by atoms with Crippen LogP contribution in [0, 0.1) is 0 Å². The van der Waals surface area contributed by atoms with Crippen LogP contribution in [0.4, 0.5) is 0 Å². The number of hydrogen-bond acceptors (Lipinski definition) is 3. The molecule has 1 aliphatic heterocycles. The van der Waals surface area contributed by atoms with Gasteiger partial charge in [0.05, 0.1) is 12.7 Å². The fourth-order valence-corrected chi connectivity index (χ4v) is 3.62. The summed E-state index contributed by atoms with van der Waals surface area (Å²) in [6.45, 7) is 10.6. The number of aryl methyl sites for hydroxylation is 1. The quantitative estimate of drug-likeness (QED) is 0.386. The summed E-state index contributed by atoms with van der Waals surface area (Å²) in [6.07, 6.45) is 8.08. The van der Waals surface area contributed by atoms with Gasteiger partial charge in [-0.15, -0.1) is 24.0 Å². The Labute approximate surface area is 169 Å². The lowest BCUT2D eigenvalue weighted by Gasteiger charge is -2.23. The van der Waals surface area contributed by atoms with Crippen LogP contribution >= 0.6 is 24.0 Å². The van der Waals surface area contributed by atoms with Crippen LogP contribution in [0.5, 0.6) is 0 Å². The van der Waals surface area contributed by atoms with E-state index in [1.807, 2.05) is 17.9 Å². The van der Waals surface area contributed by atoms with E-state index in [0.717, 1.165) is 51.3 Å². The van der Waals surface area contributed by atoms with Gasteiger partial charge in [-0.1, -0.05) is 6.92 Å². The number of hydrogen-bond donors (Lipinski definition) is 1. The zero-order valence-electron chi connectivity index (χ0n) is 15.8. The van der Waals surface area contributed by atoms with E-state index in [-0.39, 0.29) is 24.0 Å². The van der Waals surface area contributed by atoms with Crippen LogP contribution in [0.25, 0.3) is 0 Å². The molecule has 1 atom stereocenters. The molecule has 0 aromatic carbocycles. The van der Waals surface area contributed by atoms with Crippen LogP contribution < -0.4 is 5.32 Å². The maximum atomic E-state index is 4.90. The highest BCUT2D eigenvalue weighted by atomic mass is 127. The van der Waals surface area contributed by atoms with E-state index in [1.54, 1.807) is 0 Å². The monoisotopic (exact) mass is 460 g/mol. The molecule has 3 rings (SSSR count). The molecule has 0 bridgehead atoms. The van der Waals surface area contributed by atoms with Crippen molar-refractivity contribution in [2.45, 2.75) is 45.1 Å². The lowest BCUT2D eigenvalue weighted by atomic mass is 10.0. The predicted molar refractivity (Wildman–Crippen MR) is 114 cm³/mol. The van der Waals surface area contributed by atoms with Crippen molar-refractivity contribution < 1.29 is 0 Å². The third-order valence-electron chi connectivity index (χ3n) is 5.14. The number of halogens is 1. The fraction of sp³-hybridized carbons (Fsp3) is 0.778. The highest BCUT2D eigenvalue weighted by molar-refractivity contribution is 14.0. The van der Waals surface area contributed by atoms with Gasteiger partial charge in [0.15, 0.2) is 5.96 Å². The molecule has 1 N–H and O–H groups in total. The first-order valence-corrected chi connectivity index (χ1v) is 9.47. The van der Waals surface area contributed by atoms with E-state index in [9.17, 15) is 0 Å². The van der Waals surface area contributed by atoms with Crippen LogP contribution in [-0.4, -0.2) is 70.9 Å². The lowest BCUT2D eigenvalue weighted by Crippen LogP contribution is -2.40. The second-order valence-corrected chi connectivity index (χ2v) is 6.97. The minimum Gasteiger partial charge on any atom is -0.357 e. The molecule has 7 heteroatoms. The standard InChI is InChI=1S/C18H32N6.HI/c1-4-19-18(20-9-11-23(5-2)17-6-7-17)24-10-8-15(14-24)16-12-21-22(3)13-16;/h12-13,15,17H,4-11,14H2,1-3H3,(H,19,20);1H. The largest absolute Gasteiger partial charge is 0.357 e. The minimum absolute atomic E-state index is 0. The van der Waals surface area contributed by atoms with Crippen molar-refractivity contribution in [2.75, 3.05) is 39.3 Å². The van der Waals surface area contributed by atoms with Crippen LogP contribution in [-0.2, 0) is 7.05 Å². The summed E-state index contributed by atoms with van der Waals surface area (Å²) < 4.78 is 1.90. The van der Waals surface area contributed by atoms with Crippen molar-refractivity contribution in [3.8, 4) is 0 Å². The first kappa shape index (κ1) is 20.5. The summed E-state index contributed by atoms with van der Waals surface area (Å²) in [6, 6.07) is 0.828. The number of guanidine groups is 1. The van der Waals surface area contributed by atoms with Gasteiger partial charge in [-0.2, -0.15) is 5.10 Å². The smallest absolute Gasteiger partial charge is 0.193 e. The van der Waals surface area contributed by atoms with Crippen molar-refractivity contribution in [3.05, 3.63) is 18.0 Å². The number of aliphatic imine (C=N–C) groups is 1. The Morgan fingerprint density at radius 3 is 2.76 bits per heavy atom. The third kappa shape index (κ3) is 5.57. The highest BCUT2D eigenvalue weighted by Crippen LogP contribution is 2.27. The Kier molecular flexibility index (Phi) is 7.99. The Morgan fingerprint density at radius 2 is 2.16 bits per heavy atom. The molecule has 0 spiro atoms. The number of nitrogens with one attached hydrogen (secondary N) is 1. The Balaban J connectivity index is 0.00000225. The number of nitrogens with zero attached hydrogens (tertiary/aromatic N) is 5. The molecule has 1 aliphatic carbocycles. The molecule has 1 aromatic heterocycles. The zero-order chi connectivity index (χ0) is 16.9. The average Bonchev–Trinajstić information content (AvgIpc) is 3.13. The van der Waals surface area contributed by atoms with E-state index < -0.39 is 0 Å². The Hall–Kier alpha value is -0.830. The van der Waals surface area contributed by atoms with Gasteiger partial charge in [0.1, 0.15) is 0 Å². The molecule has 142 valence electrons. The third-order valence-corrected chi connectivity index (χ3v) is 5.14. The first-order valence-electron chi connectivity index (χ1n) is 9.47. The van der Waals surface area contributed by atoms with Crippen molar-refractivity contribution in [1.82, 2.24) is 24.9 Å². The molecular formula is C18H33IN6. The molecule has 1 unspecified atom stereocenters. The van der Waals surface area contributed by atoms with E-state index in [0.29, 0.717) is 5.92 Å². The van der Waals surface area contributed by atoms with Gasteiger partial charge >= 0.3 is 0 Å². The molecule has 2 aliphatic rings. The molecule has 2 heterocycles. The minimum atomic E-state index is 0. The molecule has 6 nitrogen and oxygen atoms in total. The molecule has 0 radical (unpaired) electrons. The number of likely N-dealkylation sites (N-methyl/N-ethyl adjacent to an activating group) is 1. The number of rotatable bonds is 7. The second-order valence-electron chi connectivity index (χ2n) is 6.97. The van der Waals surface area contributed by atoms with E-state index in [1.165, 1.54) is 24.8 Å². The SMILES string of the molecule is CCNC(=NCCN(CC)C1CC1)N1CCC(c2cnn(C)c2)C1.I. The van der Waals surface area contributed by atoms with Crippen molar-refractivity contribution in [2.24, 2.45) is 12.0 Å². The van der Waals surface area contributed by atoms with E-state index in [2.05, 4.69) is 40.3 Å². The molecule has 25 heavy (non-hydrogen) atoms. The van der Waals surface area contributed by atoms with E-state index >= 15 is 0 Å². The van der Waals surface area contributed by atoms with Gasteiger partial charge in [0.2, 0.25) is 0 Å². The van der Waals surface area contributed by atoms with Crippen LogP contribution in [0.1, 0.15) is 44.6 Å². The van der Waals surface area contributed by atoms with Crippen molar-refractivity contribution in [3.63, 3.8) is 0 Å². The summed E-state index contributed by atoms with van der Waals surface area (Å²) in [5, 5.41) is 7.79. The summed E-state index contributed by atoms with van der Waals surface area (Å²) in [7, 11) is 1.99. The van der Waals surface area contributed by atoms with Gasteiger partial charge in [-0.25, -0.2) is 0 Å². The average molecular weight is 460 g/mol. The normalized spacial score (nSPS) is 20.9. The maximum absolute atomic E-state index is 4.90. The molecule has 1 aromatic rings. The summed E-state index contributed by atoms with van der Waals surface area (Å²) in [5.74, 6) is 1.65. The van der Waals surface area contributed by atoms with Crippen LogP contribution in [0.15, 0.2) is 17.4 Å². The van der Waals surface area contributed by atoms with Crippen LogP contribution in [0.3, 0.4) is 0 Å². The summed E-state index contributed by atoms with van der Waals surface area (Å²) in [5.41, 5.74) is 1.35. The van der Waals surface area contributed by atoms with E-state index in [4.69, 9.17) is 4.99 Å². The van der Waals surface area contributed by atoms with Crippen molar-refractivity contribution in [1.29, 1.82) is 0 Å². The van der Waals surface area contributed by atoms with Gasteiger partial charge in [-0.05, 0) is 38.3 Å². The predicted octanol–water partition coefficient (Wildman–Crippen LogP) is 2.28. The van der Waals surface area contributed by atoms with Gasteiger partial charge in [0, 0.05) is 51.4 Å².